The maximum absolute atomic E-state index is 13.0. The predicted molar refractivity (Wildman–Crippen MR) is 144 cm³/mol. The van der Waals surface area contributed by atoms with Crippen molar-refractivity contribution in [1.82, 2.24) is 4.90 Å². The standard InChI is InChI=1S/C31H33NO6/c1-31(2,3)38-29(35)21-12-6-5-11-20(21)17-18-27(28(33)34)32(4)30(36)37-19-26-24-15-9-7-13-22(24)23-14-8-10-16-25(23)26/h5-16,26-27H,17-19H2,1-4H3,(H,33,34)/t27-/m0/s1. The van der Waals surface area contributed by atoms with Gasteiger partial charge in [0.15, 0.2) is 0 Å². The lowest BCUT2D eigenvalue weighted by atomic mass is 9.98. The van der Waals surface area contributed by atoms with Gasteiger partial charge in [-0.15, -0.1) is 0 Å². The van der Waals surface area contributed by atoms with Crippen molar-refractivity contribution < 1.29 is 29.0 Å². The fourth-order valence-corrected chi connectivity index (χ4v) is 4.87. The number of nitrogens with zero attached hydrogens (tertiary/aromatic N) is 1. The highest BCUT2D eigenvalue weighted by molar-refractivity contribution is 5.91. The minimum Gasteiger partial charge on any atom is -0.480 e. The lowest BCUT2D eigenvalue weighted by Gasteiger charge is -2.25. The van der Waals surface area contributed by atoms with Crippen molar-refractivity contribution in [2.45, 2.75) is 51.2 Å². The second-order valence-corrected chi connectivity index (χ2v) is 10.5. The van der Waals surface area contributed by atoms with Crippen molar-refractivity contribution in [2.75, 3.05) is 13.7 Å². The predicted octanol–water partition coefficient (Wildman–Crippen LogP) is 5.91. The van der Waals surface area contributed by atoms with Crippen LogP contribution in [0, 0.1) is 0 Å². The van der Waals surface area contributed by atoms with E-state index in [0.717, 1.165) is 27.2 Å². The number of rotatable bonds is 8. The number of ether oxygens (including phenoxy) is 2. The number of carbonyl (C=O) groups is 3. The highest BCUT2D eigenvalue weighted by Crippen LogP contribution is 2.44. The summed E-state index contributed by atoms with van der Waals surface area (Å²) in [4.78, 5) is 38.9. The Morgan fingerprint density at radius 3 is 2.03 bits per heavy atom. The monoisotopic (exact) mass is 515 g/mol. The average Bonchev–Trinajstić information content (AvgIpc) is 3.20. The van der Waals surface area contributed by atoms with E-state index < -0.39 is 29.7 Å². The summed E-state index contributed by atoms with van der Waals surface area (Å²) in [7, 11) is 1.43. The molecule has 1 aliphatic rings. The minimum atomic E-state index is -1.14. The van der Waals surface area contributed by atoms with Gasteiger partial charge in [0.1, 0.15) is 18.2 Å². The molecule has 3 aromatic rings. The van der Waals surface area contributed by atoms with Crippen LogP contribution in [0.15, 0.2) is 72.8 Å². The molecule has 38 heavy (non-hydrogen) atoms. The highest BCUT2D eigenvalue weighted by Gasteiger charge is 2.32. The summed E-state index contributed by atoms with van der Waals surface area (Å²) in [5.41, 5.74) is 4.78. The summed E-state index contributed by atoms with van der Waals surface area (Å²) >= 11 is 0. The first-order valence-electron chi connectivity index (χ1n) is 12.7. The van der Waals surface area contributed by atoms with Crippen molar-refractivity contribution in [1.29, 1.82) is 0 Å². The van der Waals surface area contributed by atoms with Gasteiger partial charge in [-0.25, -0.2) is 14.4 Å². The van der Waals surface area contributed by atoms with E-state index >= 15 is 0 Å². The number of benzene rings is 3. The van der Waals surface area contributed by atoms with Gasteiger partial charge >= 0.3 is 18.0 Å². The summed E-state index contributed by atoms with van der Waals surface area (Å²) in [6.45, 7) is 5.47. The largest absolute Gasteiger partial charge is 0.480 e. The Kier molecular flexibility index (Phi) is 7.86. The van der Waals surface area contributed by atoms with Crippen LogP contribution >= 0.6 is 0 Å². The van der Waals surface area contributed by atoms with Crippen molar-refractivity contribution in [3.05, 3.63) is 95.1 Å². The molecule has 3 aromatic carbocycles. The Hall–Kier alpha value is -4.13. The van der Waals surface area contributed by atoms with E-state index in [1.165, 1.54) is 7.05 Å². The van der Waals surface area contributed by atoms with E-state index in [4.69, 9.17) is 9.47 Å². The maximum Gasteiger partial charge on any atom is 0.410 e. The third-order valence-corrected chi connectivity index (χ3v) is 6.70. The number of aliphatic carboxylic acids is 1. The Morgan fingerprint density at radius 2 is 1.45 bits per heavy atom. The van der Waals surface area contributed by atoms with Crippen molar-refractivity contribution in [3.8, 4) is 11.1 Å². The normalized spacial score (nSPS) is 13.3. The molecule has 4 rings (SSSR count). The molecule has 1 amide bonds. The van der Waals surface area contributed by atoms with Gasteiger partial charge in [0.25, 0.3) is 0 Å². The van der Waals surface area contributed by atoms with E-state index in [1.807, 2.05) is 36.4 Å². The number of fused-ring (bicyclic) bond motifs is 3. The van der Waals surface area contributed by atoms with Crippen LogP contribution in [0.25, 0.3) is 11.1 Å². The number of carbonyl (C=O) groups excluding carboxylic acids is 2. The number of esters is 1. The first kappa shape index (κ1) is 26.9. The van der Waals surface area contributed by atoms with E-state index in [2.05, 4.69) is 12.1 Å². The zero-order valence-corrected chi connectivity index (χ0v) is 22.1. The average molecular weight is 516 g/mol. The minimum absolute atomic E-state index is 0.102. The zero-order valence-electron chi connectivity index (χ0n) is 22.1. The van der Waals surface area contributed by atoms with Crippen molar-refractivity contribution in [2.24, 2.45) is 0 Å². The van der Waals surface area contributed by atoms with E-state index in [0.29, 0.717) is 11.1 Å². The molecule has 0 radical (unpaired) electrons. The molecule has 0 spiro atoms. The van der Waals surface area contributed by atoms with Gasteiger partial charge in [-0.2, -0.15) is 0 Å². The van der Waals surface area contributed by atoms with E-state index in [1.54, 1.807) is 45.0 Å². The first-order valence-corrected chi connectivity index (χ1v) is 12.7. The van der Waals surface area contributed by atoms with Gasteiger partial charge in [0.2, 0.25) is 0 Å². The quantitative estimate of drug-likeness (QED) is 0.375. The molecule has 7 nitrogen and oxygen atoms in total. The summed E-state index contributed by atoms with van der Waals surface area (Å²) in [5, 5.41) is 9.90. The number of hydrogen-bond donors (Lipinski definition) is 1. The molecule has 0 aliphatic heterocycles. The summed E-state index contributed by atoms with van der Waals surface area (Å²) < 4.78 is 11.1. The van der Waals surface area contributed by atoms with Gasteiger partial charge in [0.05, 0.1) is 5.56 Å². The molecule has 1 N–H and O–H groups in total. The molecule has 0 bridgehead atoms. The van der Waals surface area contributed by atoms with Crippen LogP contribution in [0.4, 0.5) is 4.79 Å². The lowest BCUT2D eigenvalue weighted by Crippen LogP contribution is -2.43. The van der Waals surface area contributed by atoms with Gasteiger partial charge in [-0.1, -0.05) is 66.7 Å². The van der Waals surface area contributed by atoms with Crippen LogP contribution in [0.5, 0.6) is 0 Å². The third kappa shape index (κ3) is 5.88. The third-order valence-electron chi connectivity index (χ3n) is 6.70. The molecular weight excluding hydrogens is 482 g/mol. The smallest absolute Gasteiger partial charge is 0.410 e. The van der Waals surface area contributed by atoms with Gasteiger partial charge in [-0.3, -0.25) is 4.90 Å². The zero-order chi connectivity index (χ0) is 27.4. The molecule has 0 unspecified atom stereocenters. The molecule has 7 heteroatoms. The fourth-order valence-electron chi connectivity index (χ4n) is 4.87. The molecule has 0 fully saturated rings. The molecule has 1 atom stereocenters. The van der Waals surface area contributed by atoms with E-state index in [9.17, 15) is 19.5 Å². The summed E-state index contributed by atoms with van der Waals surface area (Å²) in [6, 6.07) is 21.9. The van der Waals surface area contributed by atoms with Crippen LogP contribution in [-0.2, 0) is 20.7 Å². The molecular formula is C31H33NO6. The Balaban J connectivity index is 1.43. The van der Waals surface area contributed by atoms with Crippen LogP contribution in [0.2, 0.25) is 0 Å². The second kappa shape index (κ2) is 11.1. The fraction of sp³-hybridized carbons (Fsp3) is 0.323. The van der Waals surface area contributed by atoms with Crippen LogP contribution in [-0.4, -0.2) is 53.3 Å². The van der Waals surface area contributed by atoms with Gasteiger partial charge in [-0.05, 0) is 67.5 Å². The number of aryl methyl sites for hydroxylation is 1. The van der Waals surface area contributed by atoms with Crippen LogP contribution in [0.1, 0.15) is 60.2 Å². The van der Waals surface area contributed by atoms with Gasteiger partial charge < -0.3 is 14.6 Å². The summed E-state index contributed by atoms with van der Waals surface area (Å²) in [5.74, 6) is -1.73. The first-order chi connectivity index (χ1) is 18.1. The number of carboxylic acid groups (broad SMARTS) is 1. The van der Waals surface area contributed by atoms with Crippen LogP contribution < -0.4 is 0 Å². The number of likely N-dealkylation sites (N-methyl/N-ethyl adjacent to an activating group) is 1. The SMILES string of the molecule is CN(C(=O)OCC1c2ccccc2-c2ccccc21)[C@@H](CCc1ccccc1C(=O)OC(C)(C)C)C(=O)O. The van der Waals surface area contributed by atoms with Crippen LogP contribution in [0.3, 0.4) is 0 Å². The van der Waals surface area contributed by atoms with Crippen molar-refractivity contribution in [3.63, 3.8) is 0 Å². The highest BCUT2D eigenvalue weighted by atomic mass is 16.6. The van der Waals surface area contributed by atoms with Crippen molar-refractivity contribution >= 4 is 18.0 Å². The summed E-state index contributed by atoms with van der Waals surface area (Å²) in [6.07, 6.45) is -0.330. The molecule has 0 heterocycles. The Bertz CT molecular complexity index is 1300. The molecule has 1 aliphatic carbocycles. The maximum atomic E-state index is 13.0. The molecule has 0 saturated heterocycles. The number of carboxylic acids is 1. The van der Waals surface area contributed by atoms with E-state index in [-0.39, 0.29) is 25.4 Å². The molecule has 198 valence electrons. The topological polar surface area (TPSA) is 93.1 Å². The molecule has 0 saturated carbocycles. The number of hydrogen-bond acceptors (Lipinski definition) is 5. The Morgan fingerprint density at radius 1 is 0.895 bits per heavy atom. The Labute approximate surface area is 223 Å². The second-order valence-electron chi connectivity index (χ2n) is 10.5. The molecule has 0 aromatic heterocycles. The lowest BCUT2D eigenvalue weighted by molar-refractivity contribution is -0.142. The number of amides is 1. The van der Waals surface area contributed by atoms with Gasteiger partial charge in [0, 0.05) is 13.0 Å².